The van der Waals surface area contributed by atoms with Gasteiger partial charge in [0, 0.05) is 13.5 Å². The van der Waals surface area contributed by atoms with E-state index in [2.05, 4.69) is 4.98 Å². The van der Waals surface area contributed by atoms with Crippen LogP contribution in [-0.4, -0.2) is 35.3 Å². The molecular formula is C12H21N3O3. The molecular weight excluding hydrogens is 234 g/mol. The average molecular weight is 255 g/mol. The summed E-state index contributed by atoms with van der Waals surface area (Å²) in [7, 11) is 1.63. The Kier molecular flexibility index (Phi) is 5.15. The fraction of sp³-hybridized carbons (Fsp3) is 0.667. The number of methoxy groups -OCH3 is 1. The minimum absolute atomic E-state index is 0.00171. The van der Waals surface area contributed by atoms with Gasteiger partial charge in [-0.1, -0.05) is 6.92 Å². The number of aryl methyl sites for hydroxylation is 1. The lowest BCUT2D eigenvalue weighted by Crippen LogP contribution is -2.18. The molecule has 0 bridgehead atoms. The van der Waals surface area contributed by atoms with Crippen LogP contribution in [0.2, 0.25) is 0 Å². The fourth-order valence-corrected chi connectivity index (χ4v) is 1.67. The zero-order valence-electron chi connectivity index (χ0n) is 11.4. The van der Waals surface area contributed by atoms with Crippen LogP contribution in [0.25, 0.3) is 0 Å². The Labute approximate surface area is 107 Å². The highest BCUT2D eigenvalue weighted by atomic mass is 16.5. The highest BCUT2D eigenvalue weighted by Gasteiger charge is 2.21. The van der Waals surface area contributed by atoms with Crippen LogP contribution in [0.5, 0.6) is 0 Å². The van der Waals surface area contributed by atoms with E-state index in [0.29, 0.717) is 25.4 Å². The van der Waals surface area contributed by atoms with Gasteiger partial charge in [-0.3, -0.25) is 0 Å². The number of carbonyl (C=O) groups is 1. The summed E-state index contributed by atoms with van der Waals surface area (Å²) in [6.45, 7) is 6.52. The number of rotatable bonds is 6. The van der Waals surface area contributed by atoms with Gasteiger partial charge in [-0.2, -0.15) is 0 Å². The summed E-state index contributed by atoms with van der Waals surface area (Å²) in [5.41, 5.74) is 6.15. The van der Waals surface area contributed by atoms with Crippen LogP contribution in [-0.2, 0) is 22.4 Å². The number of hydrogen-bond donors (Lipinski definition) is 1. The molecule has 0 saturated carbocycles. The van der Waals surface area contributed by atoms with Gasteiger partial charge < -0.3 is 19.8 Å². The van der Waals surface area contributed by atoms with Gasteiger partial charge in [-0.25, -0.2) is 9.78 Å². The Morgan fingerprint density at radius 3 is 2.67 bits per heavy atom. The van der Waals surface area contributed by atoms with E-state index >= 15 is 0 Å². The monoisotopic (exact) mass is 255 g/mol. The molecule has 6 heteroatoms. The summed E-state index contributed by atoms with van der Waals surface area (Å²) >= 11 is 0. The zero-order chi connectivity index (χ0) is 13.7. The molecule has 0 radical (unpaired) electrons. The predicted octanol–water partition coefficient (Wildman–Crippen LogP) is 1.24. The van der Waals surface area contributed by atoms with Crippen molar-refractivity contribution in [2.45, 2.75) is 39.8 Å². The number of ether oxygens (including phenoxy) is 2. The minimum Gasteiger partial charge on any atom is -0.461 e. The number of carbonyl (C=O) groups excluding carboxylic acids is 1. The van der Waals surface area contributed by atoms with Crippen molar-refractivity contribution in [1.82, 2.24) is 9.55 Å². The van der Waals surface area contributed by atoms with Crippen LogP contribution in [0.4, 0.5) is 5.82 Å². The first-order valence-corrected chi connectivity index (χ1v) is 6.09. The van der Waals surface area contributed by atoms with Crippen LogP contribution in [0, 0.1) is 0 Å². The largest absolute Gasteiger partial charge is 0.461 e. The Balaban J connectivity index is 3.06. The molecule has 1 aromatic heterocycles. The molecule has 0 aromatic carbocycles. The van der Waals surface area contributed by atoms with Crippen LogP contribution >= 0.6 is 0 Å². The summed E-state index contributed by atoms with van der Waals surface area (Å²) in [4.78, 5) is 15.9. The first-order valence-electron chi connectivity index (χ1n) is 6.09. The molecule has 0 spiro atoms. The second-order valence-corrected chi connectivity index (χ2v) is 3.99. The number of nitrogen functional groups attached to an aromatic ring is 1. The lowest BCUT2D eigenvalue weighted by atomic mass is 10.3. The van der Waals surface area contributed by atoms with E-state index in [9.17, 15) is 4.79 Å². The molecule has 1 unspecified atom stereocenters. The van der Waals surface area contributed by atoms with Gasteiger partial charge in [0.15, 0.2) is 5.69 Å². The third kappa shape index (κ3) is 3.01. The zero-order valence-corrected chi connectivity index (χ0v) is 11.4. The van der Waals surface area contributed by atoms with E-state index in [1.54, 1.807) is 18.6 Å². The van der Waals surface area contributed by atoms with Crippen molar-refractivity contribution in [3.63, 3.8) is 0 Å². The molecule has 6 nitrogen and oxygen atoms in total. The van der Waals surface area contributed by atoms with E-state index in [-0.39, 0.29) is 11.8 Å². The van der Waals surface area contributed by atoms with Gasteiger partial charge in [0.1, 0.15) is 11.6 Å². The molecule has 0 aliphatic carbocycles. The fourth-order valence-electron chi connectivity index (χ4n) is 1.67. The van der Waals surface area contributed by atoms with E-state index < -0.39 is 5.97 Å². The maximum Gasteiger partial charge on any atom is 0.360 e. The molecule has 102 valence electrons. The smallest absolute Gasteiger partial charge is 0.360 e. The second-order valence-electron chi connectivity index (χ2n) is 3.99. The molecule has 0 saturated heterocycles. The van der Waals surface area contributed by atoms with E-state index in [1.165, 1.54) is 0 Å². The molecule has 18 heavy (non-hydrogen) atoms. The maximum atomic E-state index is 11.7. The van der Waals surface area contributed by atoms with Gasteiger partial charge in [0.2, 0.25) is 0 Å². The molecule has 0 aliphatic heterocycles. The van der Waals surface area contributed by atoms with E-state index in [1.807, 2.05) is 13.8 Å². The Bertz CT molecular complexity index is 415. The van der Waals surface area contributed by atoms with Crippen LogP contribution < -0.4 is 5.73 Å². The molecule has 2 N–H and O–H groups in total. The maximum absolute atomic E-state index is 11.7. The number of esters is 1. The van der Waals surface area contributed by atoms with Crippen molar-refractivity contribution in [3.8, 4) is 0 Å². The standard InChI is InChI=1S/C12H21N3O3/c1-5-9-14-10(12(16)18-6-2)11(13)15(9)7-8(3)17-4/h8H,5-7,13H2,1-4H3. The van der Waals surface area contributed by atoms with Crippen LogP contribution in [0.1, 0.15) is 37.1 Å². The Hall–Kier alpha value is -1.56. The van der Waals surface area contributed by atoms with Crippen molar-refractivity contribution in [2.75, 3.05) is 19.5 Å². The van der Waals surface area contributed by atoms with Crippen LogP contribution in [0.3, 0.4) is 0 Å². The lowest BCUT2D eigenvalue weighted by molar-refractivity contribution is 0.0521. The molecule has 1 atom stereocenters. The van der Waals surface area contributed by atoms with Gasteiger partial charge in [0.25, 0.3) is 0 Å². The number of anilines is 1. The molecule has 1 heterocycles. The molecule has 0 amide bonds. The first-order chi connectivity index (χ1) is 8.54. The quantitative estimate of drug-likeness (QED) is 0.774. The number of nitrogens with zero attached hydrogens (tertiary/aromatic N) is 2. The van der Waals surface area contributed by atoms with Crippen molar-refractivity contribution in [1.29, 1.82) is 0 Å². The summed E-state index contributed by atoms with van der Waals surface area (Å²) < 4.78 is 11.9. The Morgan fingerprint density at radius 1 is 1.50 bits per heavy atom. The summed E-state index contributed by atoms with van der Waals surface area (Å²) in [6.07, 6.45) is 0.696. The number of imidazole rings is 1. The van der Waals surface area contributed by atoms with Crippen molar-refractivity contribution in [3.05, 3.63) is 11.5 Å². The highest BCUT2D eigenvalue weighted by molar-refractivity contribution is 5.92. The Morgan fingerprint density at radius 2 is 2.17 bits per heavy atom. The summed E-state index contributed by atoms with van der Waals surface area (Å²) in [5.74, 6) is 0.627. The number of hydrogen-bond acceptors (Lipinski definition) is 5. The second kappa shape index (κ2) is 6.39. The summed E-state index contributed by atoms with van der Waals surface area (Å²) in [6, 6.07) is 0. The molecule has 1 rings (SSSR count). The van der Waals surface area contributed by atoms with Crippen molar-refractivity contribution < 1.29 is 14.3 Å². The van der Waals surface area contributed by atoms with E-state index in [4.69, 9.17) is 15.2 Å². The highest BCUT2D eigenvalue weighted by Crippen LogP contribution is 2.17. The van der Waals surface area contributed by atoms with Crippen molar-refractivity contribution in [2.24, 2.45) is 0 Å². The SMILES string of the molecule is CCOC(=O)c1nc(CC)n(CC(C)OC)c1N. The van der Waals surface area contributed by atoms with Gasteiger partial charge >= 0.3 is 5.97 Å². The molecule has 0 aliphatic rings. The van der Waals surface area contributed by atoms with Gasteiger partial charge in [0.05, 0.1) is 19.3 Å². The summed E-state index contributed by atoms with van der Waals surface area (Å²) in [5, 5.41) is 0. The van der Waals surface area contributed by atoms with Crippen LogP contribution in [0.15, 0.2) is 0 Å². The number of nitrogens with two attached hydrogens (primary N) is 1. The van der Waals surface area contributed by atoms with Gasteiger partial charge in [-0.05, 0) is 13.8 Å². The lowest BCUT2D eigenvalue weighted by Gasteiger charge is -2.13. The first kappa shape index (κ1) is 14.5. The normalized spacial score (nSPS) is 12.4. The number of aromatic nitrogens is 2. The van der Waals surface area contributed by atoms with E-state index in [0.717, 1.165) is 5.82 Å². The molecule has 0 fully saturated rings. The van der Waals surface area contributed by atoms with Crippen molar-refractivity contribution >= 4 is 11.8 Å². The topological polar surface area (TPSA) is 79.4 Å². The third-order valence-corrected chi connectivity index (χ3v) is 2.71. The average Bonchev–Trinajstić information content (AvgIpc) is 2.67. The third-order valence-electron chi connectivity index (χ3n) is 2.71. The minimum atomic E-state index is -0.478. The molecule has 1 aromatic rings. The predicted molar refractivity (Wildman–Crippen MR) is 68.4 cm³/mol. The van der Waals surface area contributed by atoms with Gasteiger partial charge in [-0.15, -0.1) is 0 Å².